The van der Waals surface area contributed by atoms with Crippen LogP contribution < -0.4 is 10.2 Å². The second-order valence-corrected chi connectivity index (χ2v) is 6.22. The largest absolute Gasteiger partial charge is 0.452 e. The summed E-state index contributed by atoms with van der Waals surface area (Å²) in [5.41, 5.74) is 0.373. The zero-order valence-corrected chi connectivity index (χ0v) is 15.7. The van der Waals surface area contributed by atoms with Gasteiger partial charge in [0.15, 0.2) is 6.61 Å². The monoisotopic (exact) mass is 402 g/mol. The molecule has 28 heavy (non-hydrogen) atoms. The van der Waals surface area contributed by atoms with E-state index in [2.05, 4.69) is 5.32 Å². The van der Waals surface area contributed by atoms with Gasteiger partial charge in [0.1, 0.15) is 11.8 Å². The molecule has 1 N–H and O–H groups in total. The van der Waals surface area contributed by atoms with Crippen LogP contribution in [0.1, 0.15) is 15.9 Å². The minimum absolute atomic E-state index is 0.0643. The summed E-state index contributed by atoms with van der Waals surface area (Å²) in [4.78, 5) is 36.2. The fraction of sp³-hybridized carbons (Fsp3) is 0.167. The molecule has 10 heteroatoms. The van der Waals surface area contributed by atoms with Gasteiger partial charge in [0, 0.05) is 25.2 Å². The fourth-order valence-electron chi connectivity index (χ4n) is 2.29. The summed E-state index contributed by atoms with van der Waals surface area (Å²) in [7, 11) is 3.27. The molecule has 0 spiro atoms. The number of nitrogens with zero attached hydrogens (tertiary/aromatic N) is 3. The van der Waals surface area contributed by atoms with Crippen molar-refractivity contribution in [3.63, 3.8) is 0 Å². The topological polar surface area (TPSA) is 126 Å². The van der Waals surface area contributed by atoms with E-state index >= 15 is 0 Å². The lowest BCUT2D eigenvalue weighted by Gasteiger charge is -2.13. The Morgan fingerprint density at radius 3 is 2.61 bits per heavy atom. The van der Waals surface area contributed by atoms with Gasteiger partial charge in [-0.25, -0.2) is 4.79 Å². The molecule has 0 bridgehead atoms. The molecular weight excluding hydrogens is 388 g/mol. The quantitative estimate of drug-likeness (QED) is 0.447. The second kappa shape index (κ2) is 8.83. The van der Waals surface area contributed by atoms with Crippen molar-refractivity contribution in [1.82, 2.24) is 0 Å². The van der Waals surface area contributed by atoms with Gasteiger partial charge in [-0.3, -0.25) is 14.9 Å². The number of benzene rings is 2. The number of carbonyl (C=O) groups excluding carboxylic acids is 2. The van der Waals surface area contributed by atoms with Gasteiger partial charge >= 0.3 is 5.97 Å². The van der Waals surface area contributed by atoms with E-state index in [1.807, 2.05) is 6.07 Å². The third-order valence-electron chi connectivity index (χ3n) is 3.60. The number of hydrogen-bond donors (Lipinski definition) is 1. The van der Waals surface area contributed by atoms with Gasteiger partial charge in [-0.1, -0.05) is 11.6 Å². The molecule has 0 saturated heterocycles. The number of nitriles is 1. The first-order valence-corrected chi connectivity index (χ1v) is 8.23. The first-order valence-electron chi connectivity index (χ1n) is 7.85. The smallest absolute Gasteiger partial charge is 0.338 e. The average Bonchev–Trinajstić information content (AvgIpc) is 2.65. The summed E-state index contributed by atoms with van der Waals surface area (Å²) < 4.78 is 4.90. The molecular formula is C18H15ClN4O5. The number of esters is 1. The summed E-state index contributed by atoms with van der Waals surface area (Å²) >= 11 is 5.84. The number of ether oxygens (including phenoxy) is 1. The third kappa shape index (κ3) is 4.96. The van der Waals surface area contributed by atoms with Gasteiger partial charge in [-0.2, -0.15) is 5.26 Å². The highest BCUT2D eigenvalue weighted by Crippen LogP contribution is 2.28. The Balaban J connectivity index is 2.07. The number of hydrogen-bond acceptors (Lipinski definition) is 7. The van der Waals surface area contributed by atoms with E-state index in [1.54, 1.807) is 19.0 Å². The minimum Gasteiger partial charge on any atom is -0.452 e. The molecule has 0 heterocycles. The molecule has 9 nitrogen and oxygen atoms in total. The van der Waals surface area contributed by atoms with Crippen molar-refractivity contribution in [1.29, 1.82) is 5.26 Å². The Labute approximate surface area is 165 Å². The molecule has 0 radical (unpaired) electrons. The molecule has 0 aliphatic heterocycles. The first-order chi connectivity index (χ1) is 13.2. The third-order valence-corrected chi connectivity index (χ3v) is 3.84. The van der Waals surface area contributed by atoms with Gasteiger partial charge in [0.2, 0.25) is 0 Å². The molecule has 2 rings (SSSR count). The number of rotatable bonds is 6. The average molecular weight is 403 g/mol. The number of anilines is 2. The number of amides is 1. The minimum atomic E-state index is -0.893. The van der Waals surface area contributed by atoms with Crippen molar-refractivity contribution in [2.45, 2.75) is 0 Å². The lowest BCUT2D eigenvalue weighted by atomic mass is 10.1. The van der Waals surface area contributed by atoms with E-state index < -0.39 is 23.4 Å². The van der Waals surface area contributed by atoms with Crippen LogP contribution in [0.3, 0.4) is 0 Å². The van der Waals surface area contributed by atoms with Crippen LogP contribution in [0, 0.1) is 21.4 Å². The molecule has 0 aliphatic carbocycles. The van der Waals surface area contributed by atoms with Crippen LogP contribution in [0.25, 0.3) is 0 Å². The zero-order chi connectivity index (χ0) is 20.8. The van der Waals surface area contributed by atoms with E-state index in [0.717, 1.165) is 6.07 Å². The molecule has 0 unspecified atom stereocenters. The van der Waals surface area contributed by atoms with Crippen molar-refractivity contribution >= 4 is 40.5 Å². The van der Waals surface area contributed by atoms with E-state index in [4.69, 9.17) is 21.6 Å². The van der Waals surface area contributed by atoms with Crippen molar-refractivity contribution in [3.8, 4) is 6.07 Å². The summed E-state index contributed by atoms with van der Waals surface area (Å²) in [6.45, 7) is -0.639. The van der Waals surface area contributed by atoms with Gasteiger partial charge in [0.05, 0.1) is 21.7 Å². The van der Waals surface area contributed by atoms with Crippen molar-refractivity contribution in [2.24, 2.45) is 0 Å². The molecule has 2 aromatic rings. The van der Waals surface area contributed by atoms with Crippen molar-refractivity contribution < 1.29 is 19.2 Å². The molecule has 0 atom stereocenters. The molecule has 0 fully saturated rings. The van der Waals surface area contributed by atoms with Crippen LogP contribution in [0.5, 0.6) is 0 Å². The summed E-state index contributed by atoms with van der Waals surface area (Å²) in [5.74, 6) is -1.58. The van der Waals surface area contributed by atoms with Crippen LogP contribution in [-0.4, -0.2) is 37.5 Å². The van der Waals surface area contributed by atoms with Crippen LogP contribution >= 0.6 is 11.6 Å². The summed E-state index contributed by atoms with van der Waals surface area (Å²) in [6, 6.07) is 10.1. The molecule has 144 valence electrons. The fourth-order valence-corrected chi connectivity index (χ4v) is 2.47. The Kier molecular flexibility index (Phi) is 6.52. The highest BCUT2D eigenvalue weighted by molar-refractivity contribution is 6.31. The Bertz CT molecular complexity index is 984. The highest BCUT2D eigenvalue weighted by atomic mass is 35.5. The number of nitrogens with one attached hydrogen (secondary N) is 1. The van der Waals surface area contributed by atoms with Crippen LogP contribution in [0.15, 0.2) is 36.4 Å². The van der Waals surface area contributed by atoms with Crippen LogP contribution in [0.2, 0.25) is 5.02 Å². The van der Waals surface area contributed by atoms with Crippen molar-refractivity contribution in [2.75, 3.05) is 30.9 Å². The van der Waals surface area contributed by atoms with Gasteiger partial charge in [-0.15, -0.1) is 0 Å². The van der Waals surface area contributed by atoms with Crippen molar-refractivity contribution in [3.05, 3.63) is 62.7 Å². The Morgan fingerprint density at radius 2 is 2.00 bits per heavy atom. The van der Waals surface area contributed by atoms with Crippen LogP contribution in [-0.2, 0) is 9.53 Å². The molecule has 1 amide bonds. The molecule has 0 saturated carbocycles. The summed E-state index contributed by atoms with van der Waals surface area (Å²) in [5, 5.41) is 23.0. The van der Waals surface area contributed by atoms with Gasteiger partial charge < -0.3 is 15.0 Å². The van der Waals surface area contributed by atoms with E-state index in [1.165, 1.54) is 30.3 Å². The van der Waals surface area contributed by atoms with Gasteiger partial charge in [0.25, 0.3) is 11.6 Å². The van der Waals surface area contributed by atoms with E-state index in [0.29, 0.717) is 10.7 Å². The molecule has 0 aromatic heterocycles. The number of nitro benzene ring substituents is 1. The SMILES string of the molecule is CN(C)c1ccc(C(=O)OCC(=O)Nc2cc(Cl)ccc2C#N)cc1[N+](=O)[O-]. The van der Waals surface area contributed by atoms with E-state index in [-0.39, 0.29) is 22.5 Å². The standard InChI is InChI=1S/C18H15ClN4O5/c1-22(2)15-6-4-11(7-16(15)23(26)27)18(25)28-10-17(24)21-14-8-13(19)5-3-12(14)9-20/h3-8H,10H2,1-2H3,(H,21,24). The normalized spacial score (nSPS) is 9.93. The predicted molar refractivity (Wildman–Crippen MR) is 103 cm³/mol. The second-order valence-electron chi connectivity index (χ2n) is 5.78. The zero-order valence-electron chi connectivity index (χ0n) is 14.9. The maximum absolute atomic E-state index is 12.1. The van der Waals surface area contributed by atoms with E-state index in [9.17, 15) is 19.7 Å². The lowest BCUT2D eigenvalue weighted by molar-refractivity contribution is -0.384. The lowest BCUT2D eigenvalue weighted by Crippen LogP contribution is -2.21. The predicted octanol–water partition coefficient (Wildman–Crippen LogP) is 2.98. The Hall–Kier alpha value is -3.64. The molecule has 0 aliphatic rings. The first kappa shape index (κ1) is 20.7. The molecule has 2 aromatic carbocycles. The maximum Gasteiger partial charge on any atom is 0.338 e. The summed E-state index contributed by atoms with van der Waals surface area (Å²) in [6.07, 6.45) is 0. The Morgan fingerprint density at radius 1 is 1.29 bits per heavy atom. The number of nitro groups is 1. The maximum atomic E-state index is 12.1. The number of halogens is 1. The van der Waals surface area contributed by atoms with Gasteiger partial charge in [-0.05, 0) is 30.3 Å². The highest BCUT2D eigenvalue weighted by Gasteiger charge is 2.20. The van der Waals surface area contributed by atoms with Crippen LogP contribution in [0.4, 0.5) is 17.1 Å². The number of carbonyl (C=O) groups is 2.